The number of aliphatic hydroxyl groups excluding tert-OH is 5. The van der Waals surface area contributed by atoms with Gasteiger partial charge in [-0.1, -0.05) is 0 Å². The largest absolute Gasteiger partial charge is 0.515 e. The van der Waals surface area contributed by atoms with Crippen LogP contribution in [-0.4, -0.2) is 123 Å². The highest BCUT2D eigenvalue weighted by atomic mass is 31.3. The number of anilines is 1. The number of imidazole rings is 1. The molecule has 2 fully saturated rings. The van der Waals surface area contributed by atoms with Crippen molar-refractivity contribution in [3.05, 3.63) is 24.5 Å². The number of hydrogen-bond donors (Lipinski definition) is 9. The first-order chi connectivity index (χ1) is 20.1. The molecule has 2 aliphatic heterocycles. The van der Waals surface area contributed by atoms with Crippen LogP contribution < -0.4 is 11.5 Å². The minimum atomic E-state index is -5.40. The highest BCUT2D eigenvalue weighted by Crippen LogP contribution is 2.60. The Kier molecular flexibility index (Phi) is 9.93. The van der Waals surface area contributed by atoms with Gasteiger partial charge in [0, 0.05) is 6.21 Å². The number of phosphoric acid groups is 2. The predicted octanol–water partition coefficient (Wildman–Crippen LogP) is -3.28. The van der Waals surface area contributed by atoms with Gasteiger partial charge in [-0.2, -0.15) is 4.31 Å². The maximum absolute atomic E-state index is 12.3. The van der Waals surface area contributed by atoms with Gasteiger partial charge in [0.2, 0.25) is 0 Å². The topological polar surface area (TPSA) is 347 Å². The third-order valence-corrected chi connectivity index (χ3v) is 8.73. The van der Waals surface area contributed by atoms with Crippen LogP contribution in [0.3, 0.4) is 0 Å². The van der Waals surface area contributed by atoms with Crippen LogP contribution >= 0.6 is 15.6 Å². The fourth-order valence-electron chi connectivity index (χ4n) is 3.97. The lowest BCUT2D eigenvalue weighted by Gasteiger charge is -2.20. The summed E-state index contributed by atoms with van der Waals surface area (Å²) in [6.07, 6.45) is -9.08. The first kappa shape index (κ1) is 33.0. The van der Waals surface area contributed by atoms with Gasteiger partial charge in [-0.15, -0.1) is 0 Å². The molecule has 11 N–H and O–H groups in total. The van der Waals surface area contributed by atoms with Gasteiger partial charge in [-0.3, -0.25) is 23.4 Å². The number of rotatable bonds is 12. The summed E-state index contributed by atoms with van der Waals surface area (Å²) < 4.78 is 50.0. The van der Waals surface area contributed by atoms with Gasteiger partial charge >= 0.3 is 15.6 Å². The van der Waals surface area contributed by atoms with E-state index in [2.05, 4.69) is 33.3 Å². The standard InChI is InChI=1S/C19H27N7O15P2/c20-15-10-17(24-5-23-15)26(6-25-10)19-14(31)12(29)9(40-19)4-38-43(35,36)41-42(33,34)37-3-8-11(28)13(30)18(39-8)22-1-7(2-27)16(21)32/h1-2,5-6,8-9,11-14,18-19,27-31H,3-4H2,(H2,21,32)(H,33,34)(H,35,36)(H2,20,23,24)/b7-2-,22-1?/t8-,9-,11-,12-,13-,14-,18-,19-/m1/s1. The molecule has 0 bridgehead atoms. The second-order valence-corrected chi connectivity index (χ2v) is 12.1. The van der Waals surface area contributed by atoms with E-state index in [4.69, 9.17) is 26.0 Å². The zero-order chi connectivity index (χ0) is 31.7. The van der Waals surface area contributed by atoms with Gasteiger partial charge in [-0.05, 0) is 0 Å². The number of nitrogens with zero attached hydrogens (tertiary/aromatic N) is 5. The Bertz CT molecular complexity index is 1490. The molecular formula is C19H27N7O15P2. The van der Waals surface area contributed by atoms with Crippen molar-refractivity contribution in [2.75, 3.05) is 18.9 Å². The predicted molar refractivity (Wildman–Crippen MR) is 137 cm³/mol. The van der Waals surface area contributed by atoms with Crippen molar-refractivity contribution in [3.63, 3.8) is 0 Å². The molecule has 2 aromatic heterocycles. The smallest absolute Gasteiger partial charge is 0.481 e. The Balaban J connectivity index is 1.31. The summed E-state index contributed by atoms with van der Waals surface area (Å²) in [7, 11) is -10.8. The van der Waals surface area contributed by atoms with Gasteiger partial charge < -0.3 is 56.3 Å². The number of aliphatic imine (C=N–C) groups is 1. The second kappa shape index (κ2) is 13.0. The van der Waals surface area contributed by atoms with Crippen molar-refractivity contribution in [3.8, 4) is 0 Å². The molecule has 238 valence electrons. The summed E-state index contributed by atoms with van der Waals surface area (Å²) in [5, 5.41) is 49.9. The van der Waals surface area contributed by atoms with Gasteiger partial charge in [0.25, 0.3) is 5.91 Å². The lowest BCUT2D eigenvalue weighted by atomic mass is 10.1. The molecule has 0 saturated carbocycles. The Morgan fingerprint density at radius 3 is 2.21 bits per heavy atom. The van der Waals surface area contributed by atoms with Crippen LogP contribution in [0.4, 0.5) is 5.82 Å². The number of amides is 1. The highest BCUT2D eigenvalue weighted by Gasteiger charge is 2.47. The second-order valence-electron chi connectivity index (χ2n) is 9.01. The minimum Gasteiger partial charge on any atom is -0.515 e. The van der Waals surface area contributed by atoms with E-state index in [0.717, 1.165) is 12.5 Å². The summed E-state index contributed by atoms with van der Waals surface area (Å²) in [6.45, 7) is -1.89. The summed E-state index contributed by atoms with van der Waals surface area (Å²) >= 11 is 0. The summed E-state index contributed by atoms with van der Waals surface area (Å²) in [4.78, 5) is 46.4. The molecular weight excluding hydrogens is 628 g/mol. The zero-order valence-corrected chi connectivity index (χ0v) is 23.3. The number of nitrogens with two attached hydrogens (primary N) is 2. The summed E-state index contributed by atoms with van der Waals surface area (Å²) in [5.74, 6) is -1.02. The van der Waals surface area contributed by atoms with Gasteiger partial charge in [0.05, 0.1) is 31.4 Å². The van der Waals surface area contributed by atoms with Crippen LogP contribution in [0.1, 0.15) is 6.23 Å². The van der Waals surface area contributed by atoms with E-state index in [1.54, 1.807) is 0 Å². The van der Waals surface area contributed by atoms with Crippen LogP contribution in [-0.2, 0) is 36.8 Å². The molecule has 4 rings (SSSR count). The maximum Gasteiger partial charge on any atom is 0.481 e. The van der Waals surface area contributed by atoms with Gasteiger partial charge in [0.1, 0.15) is 48.5 Å². The van der Waals surface area contributed by atoms with E-state index in [9.17, 15) is 44.1 Å². The quantitative estimate of drug-likeness (QED) is 0.0468. The van der Waals surface area contributed by atoms with Crippen LogP contribution in [0.25, 0.3) is 11.2 Å². The van der Waals surface area contributed by atoms with Crippen LogP contribution in [0.2, 0.25) is 0 Å². The van der Waals surface area contributed by atoms with Gasteiger partial charge in [-0.25, -0.2) is 24.1 Å². The van der Waals surface area contributed by atoms with E-state index in [1.807, 2.05) is 0 Å². The molecule has 0 aliphatic carbocycles. The van der Waals surface area contributed by atoms with Crippen LogP contribution in [0, 0.1) is 0 Å². The van der Waals surface area contributed by atoms with E-state index in [0.29, 0.717) is 6.26 Å². The molecule has 2 saturated heterocycles. The first-order valence-corrected chi connectivity index (χ1v) is 14.9. The Morgan fingerprint density at radius 1 is 1.00 bits per heavy atom. The minimum absolute atomic E-state index is 0.0402. The number of aliphatic hydroxyl groups is 5. The van der Waals surface area contributed by atoms with Gasteiger partial charge in [0.15, 0.2) is 23.9 Å². The Labute approximate surface area is 240 Å². The monoisotopic (exact) mass is 655 g/mol. The number of carbonyl (C=O) groups excluding carboxylic acids is 1. The normalized spacial score (nSPS) is 32.7. The fourth-order valence-corrected chi connectivity index (χ4v) is 6.06. The molecule has 22 nitrogen and oxygen atoms in total. The van der Waals surface area contributed by atoms with Crippen molar-refractivity contribution in [2.45, 2.75) is 49.1 Å². The lowest BCUT2D eigenvalue weighted by molar-refractivity contribution is -0.114. The molecule has 43 heavy (non-hydrogen) atoms. The van der Waals surface area contributed by atoms with E-state index >= 15 is 0 Å². The maximum atomic E-state index is 12.3. The third kappa shape index (κ3) is 7.41. The van der Waals surface area contributed by atoms with Crippen molar-refractivity contribution < 1.29 is 72.1 Å². The molecule has 2 aliphatic rings. The lowest BCUT2D eigenvalue weighted by Crippen LogP contribution is -2.34. The number of nitrogen functional groups attached to an aromatic ring is 1. The summed E-state index contributed by atoms with van der Waals surface area (Å²) in [5.41, 5.74) is 10.6. The molecule has 0 spiro atoms. The number of phosphoric ester groups is 2. The third-order valence-electron chi connectivity index (χ3n) is 6.13. The van der Waals surface area contributed by atoms with E-state index < -0.39 is 89.4 Å². The van der Waals surface area contributed by atoms with Crippen molar-refractivity contribution in [1.29, 1.82) is 0 Å². The molecule has 0 radical (unpaired) electrons. The van der Waals surface area contributed by atoms with Crippen molar-refractivity contribution in [1.82, 2.24) is 19.5 Å². The van der Waals surface area contributed by atoms with Crippen molar-refractivity contribution in [2.24, 2.45) is 10.7 Å². The number of primary amides is 1. The first-order valence-electron chi connectivity index (χ1n) is 11.9. The molecule has 4 heterocycles. The van der Waals surface area contributed by atoms with Crippen LogP contribution in [0.5, 0.6) is 0 Å². The Hall–Kier alpha value is -2.95. The number of aromatic nitrogens is 4. The number of ether oxygens (including phenoxy) is 2. The number of fused-ring (bicyclic) bond motifs is 1. The highest BCUT2D eigenvalue weighted by molar-refractivity contribution is 7.61. The molecule has 2 aromatic rings. The van der Waals surface area contributed by atoms with E-state index in [1.165, 1.54) is 10.9 Å². The molecule has 10 atom stereocenters. The zero-order valence-electron chi connectivity index (χ0n) is 21.5. The average molecular weight is 655 g/mol. The fraction of sp³-hybridized carbons (Fsp3) is 0.526. The average Bonchev–Trinajstić information content (AvgIpc) is 3.57. The SMILES string of the molecule is NC(=O)/C(C=N[C@@H]1O[C@H](COP(=O)(O)OP(=O)(O)OC[C@H]2O[C@@H](n3cnc4c(N)ncnc43)[C@H](O)[C@@H]2O)[C@@H](O)[C@H]1O)=C\O. The van der Waals surface area contributed by atoms with E-state index in [-0.39, 0.29) is 17.0 Å². The number of carbonyl (C=O) groups is 1. The van der Waals surface area contributed by atoms with Crippen LogP contribution in [0.15, 0.2) is 29.5 Å². The van der Waals surface area contributed by atoms with Crippen molar-refractivity contribution >= 4 is 44.7 Å². The molecule has 2 unspecified atom stereocenters. The summed E-state index contributed by atoms with van der Waals surface area (Å²) in [6, 6.07) is 0. The molecule has 1 amide bonds. The Morgan fingerprint density at radius 2 is 1.60 bits per heavy atom. The number of hydrogen-bond acceptors (Lipinski definition) is 18. The molecule has 24 heteroatoms. The molecule has 0 aromatic carbocycles.